The fraction of sp³-hybridized carbons (Fsp3) is 0.462. The van der Waals surface area contributed by atoms with Crippen molar-refractivity contribution in [2.45, 2.75) is 39.7 Å². The molecule has 80 valence electrons. The summed E-state index contributed by atoms with van der Waals surface area (Å²) in [6.07, 6.45) is 0. The van der Waals surface area contributed by atoms with Crippen molar-refractivity contribution in [1.82, 2.24) is 9.55 Å². The molecule has 0 aliphatic heterocycles. The third kappa shape index (κ3) is 1.65. The molecule has 0 fully saturated rings. The first-order chi connectivity index (χ1) is 7.04. The van der Waals surface area contributed by atoms with Gasteiger partial charge < -0.3 is 4.57 Å². The molecule has 0 N–H and O–H groups in total. The van der Waals surface area contributed by atoms with Crippen LogP contribution >= 0.6 is 0 Å². The van der Waals surface area contributed by atoms with Crippen LogP contribution in [0.5, 0.6) is 0 Å². The molecule has 1 heterocycles. The van der Waals surface area contributed by atoms with Gasteiger partial charge in [0.25, 0.3) is 0 Å². The first kappa shape index (κ1) is 10.2. The maximum Gasteiger partial charge on any atom is 0.115 e. The summed E-state index contributed by atoms with van der Waals surface area (Å²) in [5.41, 5.74) is 2.45. The SMILES string of the molecule is CCn1c(C(C)(C)C)nc2ccccc21. The minimum atomic E-state index is 0.106. The van der Waals surface area contributed by atoms with Crippen LogP contribution in [0.1, 0.15) is 33.5 Å². The van der Waals surface area contributed by atoms with E-state index >= 15 is 0 Å². The van der Waals surface area contributed by atoms with E-state index in [2.05, 4.69) is 50.5 Å². The lowest BCUT2D eigenvalue weighted by molar-refractivity contribution is 0.512. The molecule has 0 radical (unpaired) electrons. The number of hydrogen-bond donors (Lipinski definition) is 0. The predicted octanol–water partition coefficient (Wildman–Crippen LogP) is 3.35. The van der Waals surface area contributed by atoms with Crippen molar-refractivity contribution in [1.29, 1.82) is 0 Å². The molecule has 2 aromatic rings. The molecule has 15 heavy (non-hydrogen) atoms. The number of fused-ring (bicyclic) bond motifs is 1. The zero-order chi connectivity index (χ0) is 11.1. The van der Waals surface area contributed by atoms with Gasteiger partial charge in [0.1, 0.15) is 5.82 Å². The topological polar surface area (TPSA) is 17.8 Å². The lowest BCUT2D eigenvalue weighted by Crippen LogP contribution is -2.18. The molecule has 0 unspecified atom stereocenters. The number of aromatic nitrogens is 2. The normalized spacial score (nSPS) is 12.3. The molecule has 2 heteroatoms. The minimum absolute atomic E-state index is 0.106. The van der Waals surface area contributed by atoms with Crippen LogP contribution in [0.4, 0.5) is 0 Å². The molecular formula is C13H18N2. The van der Waals surface area contributed by atoms with Gasteiger partial charge in [-0.1, -0.05) is 32.9 Å². The number of para-hydroxylation sites is 2. The van der Waals surface area contributed by atoms with Crippen molar-refractivity contribution in [3.8, 4) is 0 Å². The second-order valence-electron chi connectivity index (χ2n) is 4.92. The summed E-state index contributed by atoms with van der Waals surface area (Å²) in [6.45, 7) is 9.78. The van der Waals surface area contributed by atoms with Crippen molar-refractivity contribution >= 4 is 11.0 Å². The van der Waals surface area contributed by atoms with Gasteiger partial charge in [-0.15, -0.1) is 0 Å². The monoisotopic (exact) mass is 202 g/mol. The Labute approximate surface area is 90.9 Å². The average molecular weight is 202 g/mol. The summed E-state index contributed by atoms with van der Waals surface area (Å²) >= 11 is 0. The number of aryl methyl sites for hydroxylation is 1. The zero-order valence-corrected chi connectivity index (χ0v) is 9.91. The molecule has 0 aliphatic carbocycles. The maximum atomic E-state index is 4.72. The Bertz CT molecular complexity index is 475. The minimum Gasteiger partial charge on any atom is -0.328 e. The summed E-state index contributed by atoms with van der Waals surface area (Å²) in [5.74, 6) is 1.17. The number of hydrogen-bond acceptors (Lipinski definition) is 1. The van der Waals surface area contributed by atoms with E-state index in [9.17, 15) is 0 Å². The van der Waals surface area contributed by atoms with E-state index in [1.54, 1.807) is 0 Å². The quantitative estimate of drug-likeness (QED) is 0.693. The van der Waals surface area contributed by atoms with E-state index in [1.165, 1.54) is 11.3 Å². The Hall–Kier alpha value is -1.31. The largest absolute Gasteiger partial charge is 0.328 e. The van der Waals surface area contributed by atoms with Crippen molar-refractivity contribution in [3.63, 3.8) is 0 Å². The molecule has 2 rings (SSSR count). The molecule has 0 saturated carbocycles. The van der Waals surface area contributed by atoms with Crippen LogP contribution in [0.3, 0.4) is 0 Å². The Morgan fingerprint density at radius 1 is 1.20 bits per heavy atom. The number of benzene rings is 1. The highest BCUT2D eigenvalue weighted by Gasteiger charge is 2.21. The molecule has 0 saturated heterocycles. The van der Waals surface area contributed by atoms with Crippen LogP contribution < -0.4 is 0 Å². The molecule has 0 aliphatic rings. The molecule has 0 atom stereocenters. The first-order valence-electron chi connectivity index (χ1n) is 5.50. The third-order valence-electron chi connectivity index (χ3n) is 2.64. The fourth-order valence-corrected chi connectivity index (χ4v) is 1.97. The van der Waals surface area contributed by atoms with E-state index in [0.717, 1.165) is 12.1 Å². The van der Waals surface area contributed by atoms with Gasteiger partial charge in [-0.2, -0.15) is 0 Å². The highest BCUT2D eigenvalue weighted by atomic mass is 15.1. The van der Waals surface area contributed by atoms with Gasteiger partial charge in [0.2, 0.25) is 0 Å². The fourth-order valence-electron chi connectivity index (χ4n) is 1.97. The smallest absolute Gasteiger partial charge is 0.115 e. The molecule has 0 amide bonds. The van der Waals surface area contributed by atoms with Crippen molar-refractivity contribution in [2.75, 3.05) is 0 Å². The van der Waals surface area contributed by atoms with Crippen LogP contribution in [0, 0.1) is 0 Å². The van der Waals surface area contributed by atoms with E-state index in [4.69, 9.17) is 4.98 Å². The zero-order valence-electron chi connectivity index (χ0n) is 9.91. The van der Waals surface area contributed by atoms with Gasteiger partial charge in [-0.05, 0) is 19.1 Å². The van der Waals surface area contributed by atoms with E-state index in [-0.39, 0.29) is 5.41 Å². The van der Waals surface area contributed by atoms with Gasteiger partial charge in [0.15, 0.2) is 0 Å². The van der Waals surface area contributed by atoms with E-state index in [0.29, 0.717) is 0 Å². The molecular weight excluding hydrogens is 184 g/mol. The highest BCUT2D eigenvalue weighted by molar-refractivity contribution is 5.76. The van der Waals surface area contributed by atoms with Crippen molar-refractivity contribution in [3.05, 3.63) is 30.1 Å². The predicted molar refractivity (Wildman–Crippen MR) is 64.1 cm³/mol. The standard InChI is InChI=1S/C13H18N2/c1-5-15-11-9-7-6-8-10(11)14-12(15)13(2,3)4/h6-9H,5H2,1-4H3. The second kappa shape index (κ2) is 3.37. The van der Waals surface area contributed by atoms with Crippen LogP contribution in [-0.2, 0) is 12.0 Å². The maximum absolute atomic E-state index is 4.72. The van der Waals surface area contributed by atoms with Crippen LogP contribution in [0.15, 0.2) is 24.3 Å². The molecule has 0 spiro atoms. The van der Waals surface area contributed by atoms with E-state index < -0.39 is 0 Å². The van der Waals surface area contributed by atoms with Crippen molar-refractivity contribution in [2.24, 2.45) is 0 Å². The van der Waals surface area contributed by atoms with E-state index in [1.807, 2.05) is 6.07 Å². The number of rotatable bonds is 1. The summed E-state index contributed by atoms with van der Waals surface area (Å²) in [6, 6.07) is 8.34. The number of nitrogens with zero attached hydrogens (tertiary/aromatic N) is 2. The average Bonchev–Trinajstić information content (AvgIpc) is 2.55. The van der Waals surface area contributed by atoms with Crippen molar-refractivity contribution < 1.29 is 0 Å². The van der Waals surface area contributed by atoms with Gasteiger partial charge in [0, 0.05) is 12.0 Å². The molecule has 1 aromatic carbocycles. The lowest BCUT2D eigenvalue weighted by atomic mass is 9.96. The first-order valence-corrected chi connectivity index (χ1v) is 5.50. The Morgan fingerprint density at radius 2 is 1.87 bits per heavy atom. The molecule has 2 nitrogen and oxygen atoms in total. The van der Waals surface area contributed by atoms with Crippen LogP contribution in [-0.4, -0.2) is 9.55 Å². The highest BCUT2D eigenvalue weighted by Crippen LogP contribution is 2.25. The van der Waals surface area contributed by atoms with Gasteiger partial charge >= 0.3 is 0 Å². The summed E-state index contributed by atoms with van der Waals surface area (Å²) in [5, 5.41) is 0. The summed E-state index contributed by atoms with van der Waals surface area (Å²) in [7, 11) is 0. The second-order valence-corrected chi connectivity index (χ2v) is 4.92. The van der Waals surface area contributed by atoms with Crippen LogP contribution in [0.2, 0.25) is 0 Å². The van der Waals surface area contributed by atoms with Gasteiger partial charge in [0.05, 0.1) is 11.0 Å². The number of imidazole rings is 1. The van der Waals surface area contributed by atoms with Gasteiger partial charge in [-0.3, -0.25) is 0 Å². The molecule has 1 aromatic heterocycles. The summed E-state index contributed by atoms with van der Waals surface area (Å²) in [4.78, 5) is 4.72. The van der Waals surface area contributed by atoms with Gasteiger partial charge in [-0.25, -0.2) is 4.98 Å². The Morgan fingerprint density at radius 3 is 2.47 bits per heavy atom. The lowest BCUT2D eigenvalue weighted by Gasteiger charge is -2.19. The summed E-state index contributed by atoms with van der Waals surface area (Å²) < 4.78 is 2.30. The Balaban J connectivity index is 2.75. The third-order valence-corrected chi connectivity index (χ3v) is 2.64. The Kier molecular flexibility index (Phi) is 2.29. The molecule has 0 bridgehead atoms. The van der Waals surface area contributed by atoms with Crippen LogP contribution in [0.25, 0.3) is 11.0 Å².